The Kier molecular flexibility index (Phi) is 3.66. The van der Waals surface area contributed by atoms with Crippen LogP contribution in [0.3, 0.4) is 0 Å². The smallest absolute Gasteiger partial charge is 0.267 e. The first-order valence-corrected chi connectivity index (χ1v) is 5.90. The van der Waals surface area contributed by atoms with Gasteiger partial charge in [-0.15, -0.1) is 0 Å². The van der Waals surface area contributed by atoms with Crippen LogP contribution in [0, 0.1) is 0 Å². The van der Waals surface area contributed by atoms with E-state index in [0.29, 0.717) is 0 Å². The van der Waals surface area contributed by atoms with Crippen LogP contribution in [0.1, 0.15) is 20.3 Å². The summed E-state index contributed by atoms with van der Waals surface area (Å²) < 4.78 is 27.6. The molecule has 1 rings (SSSR count). The second-order valence-electron chi connectivity index (χ2n) is 3.05. The van der Waals surface area contributed by atoms with Crippen molar-refractivity contribution >= 4 is 10.1 Å². The molecule has 4 heteroatoms. The number of hydrogen-bond donors (Lipinski definition) is 0. The molecule has 0 saturated heterocycles. The monoisotopic (exact) mass is 214 g/mol. The Hall–Kier alpha value is -0.870. The van der Waals surface area contributed by atoms with Crippen LogP contribution in [0.2, 0.25) is 0 Å². The third-order valence-electron chi connectivity index (χ3n) is 1.82. The van der Waals surface area contributed by atoms with Gasteiger partial charge in [-0.05, 0) is 32.4 Å². The maximum atomic E-state index is 11.5. The highest BCUT2D eigenvalue weighted by Crippen LogP contribution is 2.16. The summed E-state index contributed by atoms with van der Waals surface area (Å²) in [4.78, 5) is 0.219. The molecule has 0 spiro atoms. The second-order valence-corrected chi connectivity index (χ2v) is 4.66. The van der Waals surface area contributed by atoms with Crippen LogP contribution in [0.15, 0.2) is 34.8 Å². The van der Waals surface area contributed by atoms with Crippen molar-refractivity contribution in [1.29, 1.82) is 0 Å². The van der Waals surface area contributed by atoms with Gasteiger partial charge in [-0.2, -0.15) is 8.42 Å². The molecule has 1 aliphatic rings. The molecule has 0 atom stereocenters. The molecule has 0 saturated carbocycles. The Morgan fingerprint density at radius 1 is 1.43 bits per heavy atom. The van der Waals surface area contributed by atoms with Crippen LogP contribution in [0.5, 0.6) is 0 Å². The zero-order valence-electron chi connectivity index (χ0n) is 8.36. The van der Waals surface area contributed by atoms with Crippen LogP contribution >= 0.6 is 0 Å². The van der Waals surface area contributed by atoms with E-state index >= 15 is 0 Å². The average molecular weight is 214 g/mol. The molecule has 0 aliphatic heterocycles. The molecular weight excluding hydrogens is 200 g/mol. The molecule has 0 amide bonds. The summed E-state index contributed by atoms with van der Waals surface area (Å²) in [5.74, 6) is 0. The van der Waals surface area contributed by atoms with Crippen LogP contribution in [0.25, 0.3) is 0 Å². The Bertz CT molecular complexity index is 386. The molecule has 0 heterocycles. The number of hydrogen-bond acceptors (Lipinski definition) is 3. The van der Waals surface area contributed by atoms with Crippen molar-refractivity contribution in [2.24, 2.45) is 0 Å². The Labute approximate surface area is 84.9 Å². The molecule has 1 aliphatic carbocycles. The average Bonchev–Trinajstić information content (AvgIpc) is 2.30. The van der Waals surface area contributed by atoms with Crippen molar-refractivity contribution in [3.63, 3.8) is 0 Å². The van der Waals surface area contributed by atoms with Crippen molar-refractivity contribution in [3.8, 4) is 0 Å². The van der Waals surface area contributed by atoms with E-state index in [2.05, 4.69) is 4.18 Å². The topological polar surface area (TPSA) is 43.4 Å². The summed E-state index contributed by atoms with van der Waals surface area (Å²) in [6, 6.07) is 0. The van der Waals surface area contributed by atoms with Gasteiger partial charge in [0.05, 0.1) is 11.5 Å². The lowest BCUT2D eigenvalue weighted by molar-refractivity contribution is 0.343. The van der Waals surface area contributed by atoms with Gasteiger partial charge in [0, 0.05) is 0 Å². The van der Waals surface area contributed by atoms with Gasteiger partial charge in [-0.3, -0.25) is 4.18 Å². The van der Waals surface area contributed by atoms with E-state index in [-0.39, 0.29) is 11.5 Å². The molecule has 3 nitrogen and oxygen atoms in total. The van der Waals surface area contributed by atoms with Gasteiger partial charge < -0.3 is 0 Å². The van der Waals surface area contributed by atoms with Crippen molar-refractivity contribution in [3.05, 3.63) is 34.8 Å². The van der Waals surface area contributed by atoms with Gasteiger partial charge in [0.15, 0.2) is 0 Å². The van der Waals surface area contributed by atoms with Crippen molar-refractivity contribution in [2.75, 3.05) is 6.61 Å². The zero-order valence-corrected chi connectivity index (χ0v) is 9.17. The lowest BCUT2D eigenvalue weighted by Gasteiger charge is -2.02. The molecule has 0 N–H and O–H groups in total. The molecule has 0 aromatic heterocycles. The van der Waals surface area contributed by atoms with E-state index in [9.17, 15) is 8.42 Å². The zero-order chi connectivity index (χ0) is 10.6. The lowest BCUT2D eigenvalue weighted by Crippen LogP contribution is -2.06. The summed E-state index contributed by atoms with van der Waals surface area (Å²) in [5.41, 5.74) is 1.13. The van der Waals surface area contributed by atoms with E-state index in [1.54, 1.807) is 25.2 Å². The van der Waals surface area contributed by atoms with Crippen molar-refractivity contribution in [1.82, 2.24) is 0 Å². The fraction of sp³-hybridized carbons (Fsp3) is 0.400. The highest BCUT2D eigenvalue weighted by Gasteiger charge is 2.15. The van der Waals surface area contributed by atoms with Gasteiger partial charge in [0.2, 0.25) is 0 Å². The fourth-order valence-electron chi connectivity index (χ4n) is 1.10. The summed E-state index contributed by atoms with van der Waals surface area (Å²) in [6.07, 6.45) is 7.55. The first-order valence-electron chi connectivity index (χ1n) is 4.49. The summed E-state index contributed by atoms with van der Waals surface area (Å²) in [7, 11) is -3.55. The highest BCUT2D eigenvalue weighted by atomic mass is 32.2. The molecule has 0 unspecified atom stereocenters. The molecule has 0 aromatic rings. The Morgan fingerprint density at radius 3 is 2.79 bits per heavy atom. The molecule has 0 fully saturated rings. The molecular formula is C10H14O3S. The minimum Gasteiger partial charge on any atom is -0.267 e. The minimum atomic E-state index is -3.55. The predicted molar refractivity (Wildman–Crippen MR) is 56.1 cm³/mol. The summed E-state index contributed by atoms with van der Waals surface area (Å²) in [5, 5.41) is 0. The van der Waals surface area contributed by atoms with Crippen LogP contribution in [-0.4, -0.2) is 15.0 Å². The molecule has 0 aromatic carbocycles. The minimum absolute atomic E-state index is 0.163. The van der Waals surface area contributed by atoms with Gasteiger partial charge in [0.1, 0.15) is 0 Å². The summed E-state index contributed by atoms with van der Waals surface area (Å²) >= 11 is 0. The van der Waals surface area contributed by atoms with Gasteiger partial charge in [-0.1, -0.05) is 17.7 Å². The van der Waals surface area contributed by atoms with Crippen molar-refractivity contribution < 1.29 is 12.6 Å². The van der Waals surface area contributed by atoms with Crippen molar-refractivity contribution in [2.45, 2.75) is 20.3 Å². The first kappa shape index (κ1) is 11.2. The van der Waals surface area contributed by atoms with E-state index in [1.165, 1.54) is 0 Å². The molecule has 78 valence electrons. The van der Waals surface area contributed by atoms with Crippen LogP contribution in [0.4, 0.5) is 0 Å². The molecule has 0 bridgehead atoms. The van der Waals surface area contributed by atoms with Gasteiger partial charge in [0.25, 0.3) is 10.1 Å². The SMILES string of the molecule is CCOS(=O)(=O)C1=CC=C(C)CC=C1. The number of allylic oxidation sites excluding steroid dienone is 5. The molecule has 0 radical (unpaired) electrons. The maximum absolute atomic E-state index is 11.5. The van der Waals surface area contributed by atoms with Gasteiger partial charge in [-0.25, -0.2) is 0 Å². The molecule has 14 heavy (non-hydrogen) atoms. The summed E-state index contributed by atoms with van der Waals surface area (Å²) in [6.45, 7) is 3.77. The number of rotatable bonds is 3. The standard InChI is InChI=1S/C10H14O3S/c1-3-13-14(11,12)10-6-4-5-9(2)7-8-10/h4,6-8H,3,5H2,1-2H3. The second kappa shape index (κ2) is 4.57. The van der Waals surface area contributed by atoms with E-state index in [1.807, 2.05) is 13.0 Å². The van der Waals surface area contributed by atoms with E-state index in [4.69, 9.17) is 0 Å². The van der Waals surface area contributed by atoms with Crippen LogP contribution < -0.4 is 0 Å². The fourth-order valence-corrected chi connectivity index (χ4v) is 2.04. The van der Waals surface area contributed by atoms with Crippen LogP contribution in [-0.2, 0) is 14.3 Å². The third-order valence-corrected chi connectivity index (χ3v) is 3.21. The highest BCUT2D eigenvalue weighted by molar-refractivity contribution is 7.90. The van der Waals surface area contributed by atoms with Gasteiger partial charge >= 0.3 is 0 Å². The third kappa shape index (κ3) is 2.82. The Morgan fingerprint density at radius 2 is 2.14 bits per heavy atom. The Balaban J connectivity index is 2.99. The first-order chi connectivity index (χ1) is 6.56. The maximum Gasteiger partial charge on any atom is 0.296 e. The largest absolute Gasteiger partial charge is 0.296 e. The normalized spacial score (nSPS) is 17.3. The van der Waals surface area contributed by atoms with E-state index < -0.39 is 10.1 Å². The van der Waals surface area contributed by atoms with E-state index in [0.717, 1.165) is 12.0 Å². The quantitative estimate of drug-likeness (QED) is 0.676. The lowest BCUT2D eigenvalue weighted by atomic mass is 10.2. The predicted octanol–water partition coefficient (Wildman–Crippen LogP) is 2.14.